The molecule has 3 nitrogen and oxygen atoms in total. The Labute approximate surface area is 108 Å². The van der Waals surface area contributed by atoms with Gasteiger partial charge in [-0.1, -0.05) is 44.2 Å². The third-order valence-corrected chi connectivity index (χ3v) is 2.94. The molecule has 0 radical (unpaired) electrons. The summed E-state index contributed by atoms with van der Waals surface area (Å²) in [6, 6.07) is 10.4. The van der Waals surface area contributed by atoms with Crippen LogP contribution in [0.25, 0.3) is 11.3 Å². The van der Waals surface area contributed by atoms with Crippen LogP contribution in [0.4, 0.5) is 0 Å². The van der Waals surface area contributed by atoms with E-state index in [0.29, 0.717) is 6.04 Å². The summed E-state index contributed by atoms with van der Waals surface area (Å²) in [5, 5.41) is 3.38. The predicted molar refractivity (Wildman–Crippen MR) is 73.3 cm³/mol. The zero-order valence-electron chi connectivity index (χ0n) is 11.0. The van der Waals surface area contributed by atoms with Crippen LogP contribution in [-0.4, -0.2) is 11.5 Å². The summed E-state index contributed by atoms with van der Waals surface area (Å²) >= 11 is 0. The molecule has 1 saturated heterocycles. The van der Waals surface area contributed by atoms with Gasteiger partial charge in [-0.05, 0) is 19.4 Å². The maximum Gasteiger partial charge on any atom is 0.212 e. The monoisotopic (exact) mass is 244 g/mol. The Morgan fingerprint density at radius 2 is 2.00 bits per heavy atom. The molecule has 18 heavy (non-hydrogen) atoms. The van der Waals surface area contributed by atoms with Crippen molar-refractivity contribution in [2.45, 2.75) is 32.7 Å². The average molecular weight is 244 g/mol. The number of hydrogen-bond donors (Lipinski definition) is 1. The van der Waals surface area contributed by atoms with Crippen molar-refractivity contribution in [3.8, 4) is 11.3 Å². The van der Waals surface area contributed by atoms with Crippen LogP contribution in [0.5, 0.6) is 0 Å². The molecular formula is C15H20N2O. The molecule has 2 aromatic rings. The fraction of sp³-hybridized carbons (Fsp3) is 0.400. The van der Waals surface area contributed by atoms with Gasteiger partial charge in [-0.25, -0.2) is 4.98 Å². The normalized spacial score (nSPS) is 18.2. The third kappa shape index (κ3) is 2.79. The molecule has 2 heterocycles. The first-order chi connectivity index (χ1) is 8.93. The minimum atomic E-state index is 0.303. The van der Waals surface area contributed by atoms with Gasteiger partial charge in [0, 0.05) is 5.56 Å². The number of aromatic nitrogens is 1. The molecule has 3 rings (SSSR count). The second kappa shape index (κ2) is 6.36. The zero-order chi connectivity index (χ0) is 12.8. The Morgan fingerprint density at radius 1 is 1.22 bits per heavy atom. The van der Waals surface area contributed by atoms with Gasteiger partial charge in [0.1, 0.15) is 0 Å². The van der Waals surface area contributed by atoms with Crippen molar-refractivity contribution >= 4 is 0 Å². The fourth-order valence-electron chi connectivity index (χ4n) is 2.08. The van der Waals surface area contributed by atoms with Gasteiger partial charge >= 0.3 is 0 Å². The summed E-state index contributed by atoms with van der Waals surface area (Å²) in [6.07, 6.45) is 4.13. The molecule has 96 valence electrons. The predicted octanol–water partition coefficient (Wildman–Crippen LogP) is 3.79. The first kappa shape index (κ1) is 12.8. The second-order valence-electron chi connectivity index (χ2n) is 4.08. The minimum Gasteiger partial charge on any atom is -0.439 e. The van der Waals surface area contributed by atoms with E-state index in [4.69, 9.17) is 4.42 Å². The highest BCUT2D eigenvalue weighted by Crippen LogP contribution is 2.26. The number of nitrogens with one attached hydrogen (secondary N) is 1. The molecule has 1 unspecified atom stereocenters. The van der Waals surface area contributed by atoms with Crippen LogP contribution < -0.4 is 5.32 Å². The topological polar surface area (TPSA) is 38.1 Å². The smallest absolute Gasteiger partial charge is 0.212 e. The molecule has 1 fully saturated rings. The minimum absolute atomic E-state index is 0.303. The standard InChI is InChI=1S/C13H14N2O.C2H6/c1-2-5-10(6-3-1)12-9-15-13(16-12)11-7-4-8-14-11;1-2/h1-3,5-6,9,11,14H,4,7-8H2;1-2H3. The number of nitrogens with zero attached hydrogens (tertiary/aromatic N) is 1. The summed E-state index contributed by atoms with van der Waals surface area (Å²) in [7, 11) is 0. The van der Waals surface area contributed by atoms with Crippen LogP contribution in [0.3, 0.4) is 0 Å². The van der Waals surface area contributed by atoms with E-state index < -0.39 is 0 Å². The Bertz CT molecular complexity index is 458. The molecule has 1 N–H and O–H groups in total. The maximum atomic E-state index is 5.78. The molecule has 0 saturated carbocycles. The van der Waals surface area contributed by atoms with Gasteiger partial charge in [0.2, 0.25) is 5.89 Å². The van der Waals surface area contributed by atoms with Crippen molar-refractivity contribution in [3.63, 3.8) is 0 Å². The van der Waals surface area contributed by atoms with Crippen LogP contribution in [-0.2, 0) is 0 Å². The van der Waals surface area contributed by atoms with Crippen molar-refractivity contribution in [2.24, 2.45) is 0 Å². The van der Waals surface area contributed by atoms with E-state index in [1.54, 1.807) is 0 Å². The van der Waals surface area contributed by atoms with Gasteiger partial charge in [0.25, 0.3) is 0 Å². The first-order valence-corrected chi connectivity index (χ1v) is 6.68. The van der Waals surface area contributed by atoms with E-state index in [9.17, 15) is 0 Å². The SMILES string of the molecule is CC.c1ccc(-c2cnc(C3CCCN3)o2)cc1. The number of hydrogen-bond acceptors (Lipinski definition) is 3. The van der Waals surface area contributed by atoms with Gasteiger partial charge in [0.05, 0.1) is 12.2 Å². The van der Waals surface area contributed by atoms with Gasteiger partial charge < -0.3 is 9.73 Å². The van der Waals surface area contributed by atoms with Gasteiger partial charge in [-0.15, -0.1) is 0 Å². The lowest BCUT2D eigenvalue weighted by molar-refractivity contribution is 0.437. The summed E-state index contributed by atoms with van der Waals surface area (Å²) in [5.41, 5.74) is 1.08. The van der Waals surface area contributed by atoms with E-state index in [0.717, 1.165) is 30.2 Å². The van der Waals surface area contributed by atoms with Crippen LogP contribution in [0.1, 0.15) is 38.6 Å². The Hall–Kier alpha value is -1.61. The van der Waals surface area contributed by atoms with Crippen LogP contribution in [0, 0.1) is 0 Å². The summed E-state index contributed by atoms with van der Waals surface area (Å²) in [4.78, 5) is 4.35. The highest BCUT2D eigenvalue weighted by atomic mass is 16.4. The largest absolute Gasteiger partial charge is 0.439 e. The zero-order valence-corrected chi connectivity index (χ0v) is 11.0. The number of benzene rings is 1. The lowest BCUT2D eigenvalue weighted by Gasteiger charge is -2.03. The molecule has 1 aromatic heterocycles. The molecule has 0 bridgehead atoms. The molecule has 1 atom stereocenters. The molecule has 1 aliphatic heterocycles. The highest BCUT2D eigenvalue weighted by Gasteiger charge is 2.21. The van der Waals surface area contributed by atoms with E-state index >= 15 is 0 Å². The first-order valence-electron chi connectivity index (χ1n) is 6.68. The van der Waals surface area contributed by atoms with Crippen molar-refractivity contribution in [1.82, 2.24) is 10.3 Å². The lowest BCUT2D eigenvalue weighted by Crippen LogP contribution is -2.12. The Balaban J connectivity index is 0.000000574. The van der Waals surface area contributed by atoms with E-state index in [1.165, 1.54) is 6.42 Å². The van der Waals surface area contributed by atoms with Crippen molar-refractivity contribution in [3.05, 3.63) is 42.4 Å². The number of oxazole rings is 1. The van der Waals surface area contributed by atoms with Crippen molar-refractivity contribution < 1.29 is 4.42 Å². The quantitative estimate of drug-likeness (QED) is 0.873. The molecular weight excluding hydrogens is 224 g/mol. The molecule has 1 aromatic carbocycles. The van der Waals surface area contributed by atoms with Crippen LogP contribution >= 0.6 is 0 Å². The summed E-state index contributed by atoms with van der Waals surface area (Å²) < 4.78 is 5.78. The average Bonchev–Trinajstić information content (AvgIpc) is 3.13. The maximum absolute atomic E-state index is 5.78. The van der Waals surface area contributed by atoms with Gasteiger partial charge in [-0.3, -0.25) is 0 Å². The molecule has 0 aliphatic carbocycles. The van der Waals surface area contributed by atoms with Crippen LogP contribution in [0.15, 0.2) is 40.9 Å². The molecule has 3 heteroatoms. The highest BCUT2D eigenvalue weighted by molar-refractivity contribution is 5.55. The second-order valence-corrected chi connectivity index (χ2v) is 4.08. The number of rotatable bonds is 2. The Kier molecular flexibility index (Phi) is 4.53. The van der Waals surface area contributed by atoms with Crippen LogP contribution in [0.2, 0.25) is 0 Å². The van der Waals surface area contributed by atoms with Gasteiger partial charge in [-0.2, -0.15) is 0 Å². The van der Waals surface area contributed by atoms with Crippen molar-refractivity contribution in [1.29, 1.82) is 0 Å². The fourth-order valence-corrected chi connectivity index (χ4v) is 2.08. The molecule has 0 spiro atoms. The Morgan fingerprint density at radius 3 is 2.67 bits per heavy atom. The summed E-state index contributed by atoms with van der Waals surface area (Å²) in [6.45, 7) is 5.06. The van der Waals surface area contributed by atoms with Crippen molar-refractivity contribution in [2.75, 3.05) is 6.54 Å². The van der Waals surface area contributed by atoms with E-state index in [-0.39, 0.29) is 0 Å². The summed E-state index contributed by atoms with van der Waals surface area (Å²) in [5.74, 6) is 1.67. The molecule has 0 amide bonds. The molecule has 1 aliphatic rings. The van der Waals surface area contributed by atoms with Gasteiger partial charge in [0.15, 0.2) is 5.76 Å². The lowest BCUT2D eigenvalue weighted by atomic mass is 10.2. The van der Waals surface area contributed by atoms with E-state index in [1.807, 2.05) is 50.4 Å². The third-order valence-electron chi connectivity index (χ3n) is 2.94. The van der Waals surface area contributed by atoms with E-state index in [2.05, 4.69) is 10.3 Å².